The van der Waals surface area contributed by atoms with Gasteiger partial charge in [-0.1, -0.05) is 6.92 Å². The first kappa shape index (κ1) is 22.4. The minimum atomic E-state index is -4.38. The van der Waals surface area contributed by atoms with Crippen molar-refractivity contribution >= 4 is 11.9 Å². The molecule has 33 heavy (non-hydrogen) atoms. The number of aryl methyl sites for hydroxylation is 1. The van der Waals surface area contributed by atoms with Crippen molar-refractivity contribution in [3.8, 4) is 0 Å². The van der Waals surface area contributed by atoms with Gasteiger partial charge in [-0.05, 0) is 43.7 Å². The number of alkyl halides is 3. The molecule has 1 N–H and O–H groups in total. The summed E-state index contributed by atoms with van der Waals surface area (Å²) < 4.78 is 44.6. The van der Waals surface area contributed by atoms with E-state index in [2.05, 4.69) is 10.3 Å². The molecule has 1 aromatic rings. The van der Waals surface area contributed by atoms with E-state index in [1.165, 1.54) is 6.92 Å². The number of halogens is 3. The molecular formula is C23H29F3N4O3. The number of piperidine rings is 1. The molecule has 0 radical (unpaired) electrons. The molecule has 7 nitrogen and oxygen atoms in total. The predicted octanol–water partition coefficient (Wildman–Crippen LogP) is 2.93. The van der Waals surface area contributed by atoms with Crippen molar-refractivity contribution in [3.63, 3.8) is 0 Å². The third kappa shape index (κ3) is 4.06. The summed E-state index contributed by atoms with van der Waals surface area (Å²) >= 11 is 0. The van der Waals surface area contributed by atoms with Crippen LogP contribution in [-0.2, 0) is 15.7 Å². The van der Waals surface area contributed by atoms with Gasteiger partial charge in [0, 0.05) is 49.4 Å². The van der Waals surface area contributed by atoms with Gasteiger partial charge in [-0.3, -0.25) is 9.78 Å². The van der Waals surface area contributed by atoms with E-state index in [9.17, 15) is 22.8 Å². The highest BCUT2D eigenvalue weighted by Crippen LogP contribution is 2.56. The Balaban J connectivity index is 1.12. The van der Waals surface area contributed by atoms with E-state index in [0.29, 0.717) is 37.8 Å². The standard InChI is InChI=1S/C23H29F3N4O3/c1-13-5-17(27-8-16(13)23(24,25)26)14(2)15-6-22(7-15)11-30(12-22)21(32)29-4-3-19-18(9-29)28-20(31)10-33-19/h5,8,14-15,18-19H,3-4,6-7,9-12H2,1-2H3,(H,28,31)/t14-,18+,19-/m0/s1. The molecule has 1 spiro atoms. The fourth-order valence-corrected chi connectivity index (χ4v) is 6.00. The molecule has 1 saturated carbocycles. The Kier molecular flexibility index (Phi) is 5.34. The molecule has 1 aliphatic carbocycles. The first-order chi connectivity index (χ1) is 15.5. The Morgan fingerprint density at radius 3 is 2.70 bits per heavy atom. The van der Waals surface area contributed by atoms with E-state index in [0.717, 1.165) is 25.5 Å². The number of pyridine rings is 1. The van der Waals surface area contributed by atoms with Crippen LogP contribution in [0.25, 0.3) is 0 Å². The molecular weight excluding hydrogens is 437 g/mol. The van der Waals surface area contributed by atoms with Gasteiger partial charge in [-0.2, -0.15) is 13.2 Å². The number of nitrogens with zero attached hydrogens (tertiary/aromatic N) is 3. The van der Waals surface area contributed by atoms with Gasteiger partial charge in [0.15, 0.2) is 0 Å². The average molecular weight is 467 g/mol. The van der Waals surface area contributed by atoms with Gasteiger partial charge < -0.3 is 19.9 Å². The molecule has 0 aromatic carbocycles. The molecule has 0 bridgehead atoms. The third-order valence-electron chi connectivity index (χ3n) is 7.92. The molecule has 1 aromatic heterocycles. The SMILES string of the molecule is Cc1cc([C@@H](C)C2CC3(C2)CN(C(=O)N2CC[C@@H]4OCC(=O)N[C@@H]4C2)C3)ncc1C(F)(F)F. The summed E-state index contributed by atoms with van der Waals surface area (Å²) in [6.07, 6.45) is -0.836. The fraction of sp³-hybridized carbons (Fsp3) is 0.696. The second-order valence-corrected chi connectivity index (χ2v) is 10.3. The maximum Gasteiger partial charge on any atom is 0.418 e. The lowest BCUT2D eigenvalue weighted by Crippen LogP contribution is -2.68. The van der Waals surface area contributed by atoms with E-state index < -0.39 is 11.7 Å². The van der Waals surface area contributed by atoms with Crippen LogP contribution >= 0.6 is 0 Å². The van der Waals surface area contributed by atoms with Crippen LogP contribution in [0.2, 0.25) is 0 Å². The molecule has 3 atom stereocenters. The maximum absolute atomic E-state index is 13.0. The molecule has 180 valence electrons. The van der Waals surface area contributed by atoms with Crippen LogP contribution in [0.15, 0.2) is 12.3 Å². The molecule has 4 heterocycles. The predicted molar refractivity (Wildman–Crippen MR) is 112 cm³/mol. The minimum Gasteiger partial charge on any atom is -0.366 e. The molecule has 4 fully saturated rings. The van der Waals surface area contributed by atoms with E-state index in [1.54, 1.807) is 11.0 Å². The summed E-state index contributed by atoms with van der Waals surface area (Å²) in [7, 11) is 0. The van der Waals surface area contributed by atoms with Crippen molar-refractivity contribution in [2.75, 3.05) is 32.8 Å². The molecule has 3 saturated heterocycles. The highest BCUT2D eigenvalue weighted by atomic mass is 19.4. The Labute approximate surface area is 190 Å². The maximum atomic E-state index is 13.0. The molecule has 3 amide bonds. The van der Waals surface area contributed by atoms with Gasteiger partial charge in [-0.25, -0.2) is 4.79 Å². The third-order valence-corrected chi connectivity index (χ3v) is 7.92. The van der Waals surface area contributed by atoms with Gasteiger partial charge in [-0.15, -0.1) is 0 Å². The quantitative estimate of drug-likeness (QED) is 0.728. The summed E-state index contributed by atoms with van der Waals surface area (Å²) in [4.78, 5) is 32.3. The Bertz CT molecular complexity index is 955. The van der Waals surface area contributed by atoms with Gasteiger partial charge in [0.2, 0.25) is 5.91 Å². The van der Waals surface area contributed by atoms with E-state index in [1.807, 2.05) is 11.8 Å². The van der Waals surface area contributed by atoms with Crippen LogP contribution < -0.4 is 5.32 Å². The van der Waals surface area contributed by atoms with Gasteiger partial charge >= 0.3 is 12.2 Å². The lowest BCUT2D eigenvalue weighted by molar-refractivity contribution is -0.140. The van der Waals surface area contributed by atoms with Crippen LogP contribution in [0, 0.1) is 18.3 Å². The van der Waals surface area contributed by atoms with Gasteiger partial charge in [0.25, 0.3) is 0 Å². The summed E-state index contributed by atoms with van der Waals surface area (Å²) in [5.74, 6) is 0.298. The number of fused-ring (bicyclic) bond motifs is 1. The number of morpholine rings is 1. The number of amides is 3. The zero-order chi connectivity index (χ0) is 23.5. The van der Waals surface area contributed by atoms with Gasteiger partial charge in [0.05, 0.1) is 17.7 Å². The van der Waals surface area contributed by atoms with Crippen LogP contribution in [-0.4, -0.2) is 71.7 Å². The van der Waals surface area contributed by atoms with Crippen molar-refractivity contribution in [3.05, 3.63) is 29.1 Å². The second-order valence-electron chi connectivity index (χ2n) is 10.3. The number of urea groups is 1. The molecule has 3 aliphatic heterocycles. The zero-order valence-electron chi connectivity index (χ0n) is 18.8. The van der Waals surface area contributed by atoms with E-state index in [-0.39, 0.29) is 47.6 Å². The number of ether oxygens (including phenoxy) is 1. The van der Waals surface area contributed by atoms with Gasteiger partial charge in [0.1, 0.15) is 6.61 Å². The summed E-state index contributed by atoms with van der Waals surface area (Å²) in [6.45, 7) is 6.11. The van der Waals surface area contributed by atoms with Crippen molar-refractivity contribution in [1.82, 2.24) is 20.1 Å². The van der Waals surface area contributed by atoms with E-state index in [4.69, 9.17) is 4.74 Å². The number of carbonyl (C=O) groups is 2. The minimum absolute atomic E-state index is 0.00965. The molecule has 10 heteroatoms. The Morgan fingerprint density at radius 1 is 1.30 bits per heavy atom. The van der Waals surface area contributed by atoms with Crippen molar-refractivity contribution in [2.45, 2.75) is 57.3 Å². The lowest BCUT2D eigenvalue weighted by Gasteiger charge is -2.61. The van der Waals surface area contributed by atoms with E-state index >= 15 is 0 Å². The molecule has 5 rings (SSSR count). The van der Waals surface area contributed by atoms with Crippen LogP contribution in [0.4, 0.5) is 18.0 Å². The van der Waals surface area contributed by atoms with Crippen molar-refractivity contribution in [1.29, 1.82) is 0 Å². The highest BCUT2D eigenvalue weighted by molar-refractivity contribution is 5.79. The zero-order valence-corrected chi connectivity index (χ0v) is 18.8. The monoisotopic (exact) mass is 466 g/mol. The second kappa shape index (κ2) is 7.85. The number of hydrogen-bond donors (Lipinski definition) is 1. The summed E-state index contributed by atoms with van der Waals surface area (Å²) in [5.41, 5.74) is 0.347. The lowest BCUT2D eigenvalue weighted by atomic mass is 9.54. The van der Waals surface area contributed by atoms with Crippen LogP contribution in [0.1, 0.15) is 48.9 Å². The first-order valence-electron chi connectivity index (χ1n) is 11.5. The molecule has 0 unspecified atom stereocenters. The largest absolute Gasteiger partial charge is 0.418 e. The number of carbonyl (C=O) groups excluding carboxylic acids is 2. The van der Waals surface area contributed by atoms with Crippen molar-refractivity contribution in [2.24, 2.45) is 11.3 Å². The van der Waals surface area contributed by atoms with Crippen molar-refractivity contribution < 1.29 is 27.5 Å². The normalized spacial score (nSPS) is 28.0. The number of likely N-dealkylation sites (tertiary alicyclic amines) is 2. The number of aromatic nitrogens is 1. The van der Waals surface area contributed by atoms with Crippen LogP contribution in [0.5, 0.6) is 0 Å². The topological polar surface area (TPSA) is 74.8 Å². The number of hydrogen-bond acceptors (Lipinski definition) is 4. The molecule has 4 aliphatic rings. The number of nitrogens with one attached hydrogen (secondary N) is 1. The summed E-state index contributed by atoms with van der Waals surface area (Å²) in [6, 6.07) is 1.43. The highest BCUT2D eigenvalue weighted by Gasteiger charge is 2.55. The van der Waals surface area contributed by atoms with Crippen LogP contribution in [0.3, 0.4) is 0 Å². The Hall–Kier alpha value is -2.36. The summed E-state index contributed by atoms with van der Waals surface area (Å²) in [5, 5.41) is 2.92. The smallest absolute Gasteiger partial charge is 0.366 e. The first-order valence-corrected chi connectivity index (χ1v) is 11.5. The Morgan fingerprint density at radius 2 is 2.03 bits per heavy atom. The number of rotatable bonds is 2. The fourth-order valence-electron chi connectivity index (χ4n) is 6.00. The average Bonchev–Trinajstić information content (AvgIpc) is 2.69.